The molecule has 0 spiro atoms. The van der Waals surface area contributed by atoms with Gasteiger partial charge in [-0.3, -0.25) is 0 Å². The van der Waals surface area contributed by atoms with E-state index in [9.17, 15) is 30.0 Å². The Hall–Kier alpha value is -3.90. The molecule has 1 aromatic rings. The van der Waals surface area contributed by atoms with Crippen LogP contribution < -0.4 is 0 Å². The van der Waals surface area contributed by atoms with Gasteiger partial charge in [0.2, 0.25) is 0 Å². The van der Waals surface area contributed by atoms with E-state index in [-0.39, 0.29) is 17.6 Å². The Morgan fingerprint density at radius 3 is 2.48 bits per heavy atom. The second-order valence-electron chi connectivity index (χ2n) is 6.80. The molecule has 0 amide bonds. The Morgan fingerprint density at radius 1 is 1.13 bits per heavy atom. The standard InChI is InChI=1S/C25H24O6/c1-16-9-5-3-4-6-12-21(25(30)31)23(27)22(16)13-17(2)20-11-8-7-10-18(20)14-19(15-26)24(28)29/h3-5,7-12,14,26-27H,1-2,6,13,15H2,(H,28,29)(H,30,31)/b4-3-,9-5-,19-14+,21-12+,23-22?. The Labute approximate surface area is 180 Å². The van der Waals surface area contributed by atoms with E-state index in [1.165, 1.54) is 12.2 Å². The zero-order valence-electron chi connectivity index (χ0n) is 16.9. The number of hydrogen-bond acceptors (Lipinski definition) is 4. The molecule has 4 N–H and O–H groups in total. The van der Waals surface area contributed by atoms with Crippen molar-refractivity contribution in [3.63, 3.8) is 0 Å². The molecule has 31 heavy (non-hydrogen) atoms. The Morgan fingerprint density at radius 2 is 1.84 bits per heavy atom. The summed E-state index contributed by atoms with van der Waals surface area (Å²) in [6, 6.07) is 6.89. The summed E-state index contributed by atoms with van der Waals surface area (Å²) in [6.45, 7) is 7.37. The molecule has 0 aromatic heterocycles. The fourth-order valence-electron chi connectivity index (χ4n) is 3.03. The first-order valence-electron chi connectivity index (χ1n) is 9.46. The van der Waals surface area contributed by atoms with Gasteiger partial charge in [0.25, 0.3) is 0 Å². The average molecular weight is 420 g/mol. The van der Waals surface area contributed by atoms with E-state index in [1.807, 2.05) is 0 Å². The predicted molar refractivity (Wildman–Crippen MR) is 120 cm³/mol. The SMILES string of the molecule is C=C1/C=C\C=C/C/C=C(/C(=O)O)C(O)=C1CC(=C)c1ccccc1/C=C(\CO)C(=O)O. The molecule has 1 aliphatic rings. The molecule has 6 nitrogen and oxygen atoms in total. The number of hydrogen-bond donors (Lipinski definition) is 4. The molecule has 0 bridgehead atoms. The van der Waals surface area contributed by atoms with Crippen molar-refractivity contribution in [2.75, 3.05) is 6.61 Å². The van der Waals surface area contributed by atoms with E-state index in [1.54, 1.807) is 48.6 Å². The molecular formula is C25H24O6. The number of aliphatic carboxylic acids is 2. The highest BCUT2D eigenvalue weighted by atomic mass is 16.4. The maximum atomic E-state index is 11.7. The van der Waals surface area contributed by atoms with E-state index in [4.69, 9.17) is 0 Å². The molecule has 1 aromatic carbocycles. The van der Waals surface area contributed by atoms with Gasteiger partial charge in [-0.05, 0) is 34.8 Å². The Bertz CT molecular complexity index is 1060. The molecular weight excluding hydrogens is 396 g/mol. The molecule has 0 saturated heterocycles. The molecule has 0 heterocycles. The molecule has 0 saturated carbocycles. The highest BCUT2D eigenvalue weighted by Gasteiger charge is 2.20. The number of carbonyl (C=O) groups is 2. The van der Waals surface area contributed by atoms with E-state index in [0.29, 0.717) is 34.3 Å². The number of rotatable bonds is 7. The molecule has 0 fully saturated rings. The van der Waals surface area contributed by atoms with E-state index in [0.717, 1.165) is 0 Å². The van der Waals surface area contributed by atoms with Gasteiger partial charge in [0.05, 0.1) is 17.8 Å². The monoisotopic (exact) mass is 420 g/mol. The van der Waals surface area contributed by atoms with Crippen LogP contribution in [0.3, 0.4) is 0 Å². The third-order valence-electron chi connectivity index (χ3n) is 4.67. The lowest BCUT2D eigenvalue weighted by Crippen LogP contribution is -2.08. The molecule has 0 aliphatic heterocycles. The van der Waals surface area contributed by atoms with E-state index in [2.05, 4.69) is 13.2 Å². The van der Waals surface area contributed by atoms with Crippen LogP contribution in [0.2, 0.25) is 0 Å². The number of carboxylic acid groups (broad SMARTS) is 2. The first-order valence-corrected chi connectivity index (χ1v) is 9.46. The lowest BCUT2D eigenvalue weighted by atomic mass is 9.89. The first-order chi connectivity index (χ1) is 14.8. The molecule has 1 aliphatic carbocycles. The summed E-state index contributed by atoms with van der Waals surface area (Å²) in [5, 5.41) is 38.8. The lowest BCUT2D eigenvalue weighted by molar-refractivity contribution is -0.133. The molecule has 0 unspecified atom stereocenters. The van der Waals surface area contributed by atoms with Gasteiger partial charge >= 0.3 is 11.9 Å². The first kappa shape index (κ1) is 23.4. The summed E-state index contributed by atoms with van der Waals surface area (Å²) in [6.07, 6.45) is 10.1. The minimum Gasteiger partial charge on any atom is -0.507 e. The highest BCUT2D eigenvalue weighted by Crippen LogP contribution is 2.32. The predicted octanol–water partition coefficient (Wildman–Crippen LogP) is 4.45. The third-order valence-corrected chi connectivity index (χ3v) is 4.67. The van der Waals surface area contributed by atoms with Crippen molar-refractivity contribution in [1.82, 2.24) is 0 Å². The summed E-state index contributed by atoms with van der Waals surface area (Å²) in [5.74, 6) is -2.89. The molecule has 6 heteroatoms. The smallest absolute Gasteiger partial charge is 0.339 e. The number of carboxylic acids is 2. The largest absolute Gasteiger partial charge is 0.507 e. The summed E-state index contributed by atoms with van der Waals surface area (Å²) in [4.78, 5) is 22.9. The Balaban J connectivity index is 2.53. The van der Waals surface area contributed by atoms with Crippen LogP contribution in [0.1, 0.15) is 24.0 Å². The number of aliphatic hydroxyl groups is 2. The summed E-state index contributed by atoms with van der Waals surface area (Å²) in [7, 11) is 0. The highest BCUT2D eigenvalue weighted by molar-refractivity contribution is 5.94. The van der Waals surface area contributed by atoms with Gasteiger partial charge in [-0.2, -0.15) is 0 Å². The quantitative estimate of drug-likeness (QED) is 0.485. The van der Waals surface area contributed by atoms with Gasteiger partial charge < -0.3 is 20.4 Å². The zero-order chi connectivity index (χ0) is 23.0. The number of aliphatic hydroxyl groups excluding tert-OH is 2. The summed E-state index contributed by atoms with van der Waals surface area (Å²) in [5.41, 5.74) is 1.95. The average Bonchev–Trinajstić information content (AvgIpc) is 2.73. The van der Waals surface area contributed by atoms with Gasteiger partial charge in [-0.25, -0.2) is 9.59 Å². The summed E-state index contributed by atoms with van der Waals surface area (Å²) >= 11 is 0. The van der Waals surface area contributed by atoms with Gasteiger partial charge in [0, 0.05) is 12.0 Å². The van der Waals surface area contributed by atoms with Crippen molar-refractivity contribution in [3.05, 3.63) is 107 Å². The molecule has 160 valence electrons. The van der Waals surface area contributed by atoms with Crippen LogP contribution in [0, 0.1) is 0 Å². The minimum atomic E-state index is -1.26. The van der Waals surface area contributed by atoms with Crippen molar-refractivity contribution < 1.29 is 30.0 Å². The van der Waals surface area contributed by atoms with Crippen molar-refractivity contribution in [2.45, 2.75) is 12.8 Å². The van der Waals surface area contributed by atoms with E-state index < -0.39 is 24.3 Å². The van der Waals surface area contributed by atoms with Gasteiger partial charge in [-0.1, -0.05) is 67.8 Å². The summed E-state index contributed by atoms with van der Waals surface area (Å²) < 4.78 is 0. The maximum Gasteiger partial charge on any atom is 0.339 e. The number of benzene rings is 1. The molecule has 0 radical (unpaired) electrons. The van der Waals surface area contributed by atoms with Crippen LogP contribution in [-0.2, 0) is 9.59 Å². The minimum absolute atomic E-state index is 0.0791. The normalized spacial score (nSPS) is 18.7. The van der Waals surface area contributed by atoms with Crippen LogP contribution in [0.25, 0.3) is 11.6 Å². The van der Waals surface area contributed by atoms with Crippen molar-refractivity contribution in [1.29, 1.82) is 0 Å². The number of allylic oxidation sites excluding steroid dienone is 8. The van der Waals surface area contributed by atoms with Crippen LogP contribution >= 0.6 is 0 Å². The van der Waals surface area contributed by atoms with Gasteiger partial charge in [0.15, 0.2) is 0 Å². The van der Waals surface area contributed by atoms with Crippen molar-refractivity contribution in [2.24, 2.45) is 0 Å². The van der Waals surface area contributed by atoms with Crippen LogP contribution in [0.5, 0.6) is 0 Å². The van der Waals surface area contributed by atoms with E-state index >= 15 is 0 Å². The van der Waals surface area contributed by atoms with Crippen molar-refractivity contribution in [3.8, 4) is 0 Å². The fourth-order valence-corrected chi connectivity index (χ4v) is 3.03. The van der Waals surface area contributed by atoms with Crippen LogP contribution in [-0.4, -0.2) is 39.0 Å². The van der Waals surface area contributed by atoms with Crippen molar-refractivity contribution >= 4 is 23.6 Å². The van der Waals surface area contributed by atoms with Crippen LogP contribution in [0.15, 0.2) is 95.9 Å². The molecule has 0 atom stereocenters. The third kappa shape index (κ3) is 6.04. The second kappa shape index (κ2) is 10.8. The van der Waals surface area contributed by atoms with Gasteiger partial charge in [-0.15, -0.1) is 0 Å². The topological polar surface area (TPSA) is 115 Å². The Kier molecular flexibility index (Phi) is 8.11. The fraction of sp³-hybridized carbons (Fsp3) is 0.120. The van der Waals surface area contributed by atoms with Gasteiger partial charge in [0.1, 0.15) is 5.76 Å². The lowest BCUT2D eigenvalue weighted by Gasteiger charge is -2.16. The van der Waals surface area contributed by atoms with Crippen LogP contribution in [0.4, 0.5) is 0 Å². The maximum absolute atomic E-state index is 11.7. The zero-order valence-corrected chi connectivity index (χ0v) is 16.9. The molecule has 2 rings (SSSR count). The second-order valence-corrected chi connectivity index (χ2v) is 6.80.